The fourth-order valence-corrected chi connectivity index (χ4v) is 2.15. The molecule has 1 aromatic heterocycles. The van der Waals surface area contributed by atoms with Crippen LogP contribution in [0.25, 0.3) is 5.57 Å². The van der Waals surface area contributed by atoms with E-state index in [1.807, 2.05) is 33.8 Å². The molecule has 0 fully saturated rings. The number of rotatable bonds is 1. The zero-order valence-corrected chi connectivity index (χ0v) is 13.1. The van der Waals surface area contributed by atoms with Crippen molar-refractivity contribution in [2.45, 2.75) is 39.7 Å². The van der Waals surface area contributed by atoms with Gasteiger partial charge in [0.15, 0.2) is 0 Å². The van der Waals surface area contributed by atoms with E-state index in [0.717, 1.165) is 23.3 Å². The van der Waals surface area contributed by atoms with E-state index in [1.165, 1.54) is 0 Å². The van der Waals surface area contributed by atoms with Crippen molar-refractivity contribution in [3.8, 4) is 0 Å². The molecule has 2 rings (SSSR count). The molecule has 0 atom stereocenters. The van der Waals surface area contributed by atoms with Crippen LogP contribution < -0.4 is 5.73 Å². The molecule has 0 aliphatic carbocycles. The molecule has 5 heteroatoms. The van der Waals surface area contributed by atoms with Crippen LogP contribution in [0.15, 0.2) is 18.3 Å². The highest BCUT2D eigenvalue weighted by Gasteiger charge is 2.25. The van der Waals surface area contributed by atoms with Crippen LogP contribution >= 0.6 is 0 Å². The van der Waals surface area contributed by atoms with Crippen molar-refractivity contribution in [3.63, 3.8) is 0 Å². The number of pyridine rings is 1. The molecular formula is C16H23N3O2. The van der Waals surface area contributed by atoms with Gasteiger partial charge in [0.25, 0.3) is 0 Å². The Hall–Kier alpha value is -2.04. The van der Waals surface area contributed by atoms with E-state index < -0.39 is 5.60 Å². The average Bonchev–Trinajstić information content (AvgIpc) is 2.40. The van der Waals surface area contributed by atoms with Gasteiger partial charge in [-0.05, 0) is 51.3 Å². The van der Waals surface area contributed by atoms with E-state index >= 15 is 0 Å². The first kappa shape index (κ1) is 15.4. The highest BCUT2D eigenvalue weighted by Crippen LogP contribution is 2.23. The Labute approximate surface area is 125 Å². The summed E-state index contributed by atoms with van der Waals surface area (Å²) in [5.41, 5.74) is 8.90. The van der Waals surface area contributed by atoms with Crippen molar-refractivity contribution in [1.82, 2.24) is 9.88 Å². The Balaban J connectivity index is 2.11. The maximum atomic E-state index is 12.1. The molecule has 2 heterocycles. The fraction of sp³-hybridized carbons (Fsp3) is 0.500. The molecule has 1 aliphatic heterocycles. The van der Waals surface area contributed by atoms with Crippen LogP contribution in [-0.4, -0.2) is 34.7 Å². The number of anilines is 1. The normalized spacial score (nSPS) is 15.6. The van der Waals surface area contributed by atoms with E-state index in [1.54, 1.807) is 11.1 Å². The topological polar surface area (TPSA) is 68.5 Å². The lowest BCUT2D eigenvalue weighted by molar-refractivity contribution is 0.0273. The van der Waals surface area contributed by atoms with Gasteiger partial charge in [-0.1, -0.05) is 6.08 Å². The summed E-state index contributed by atoms with van der Waals surface area (Å²) in [4.78, 5) is 18.2. The van der Waals surface area contributed by atoms with Crippen LogP contribution in [0.2, 0.25) is 0 Å². The van der Waals surface area contributed by atoms with Crippen molar-refractivity contribution >= 4 is 17.4 Å². The number of carbonyl (C=O) groups is 1. The minimum Gasteiger partial charge on any atom is -0.444 e. The average molecular weight is 289 g/mol. The van der Waals surface area contributed by atoms with Crippen molar-refractivity contribution < 1.29 is 9.53 Å². The minimum absolute atomic E-state index is 0.278. The zero-order chi connectivity index (χ0) is 15.6. The molecule has 1 aromatic rings. The third-order valence-corrected chi connectivity index (χ3v) is 3.28. The third-order valence-electron chi connectivity index (χ3n) is 3.28. The maximum absolute atomic E-state index is 12.1. The smallest absolute Gasteiger partial charge is 0.410 e. The molecule has 0 saturated heterocycles. The number of hydrogen-bond donors (Lipinski definition) is 1. The van der Waals surface area contributed by atoms with Crippen LogP contribution in [-0.2, 0) is 4.74 Å². The molecule has 0 unspecified atom stereocenters. The van der Waals surface area contributed by atoms with Gasteiger partial charge in [-0.2, -0.15) is 0 Å². The molecule has 1 amide bonds. The summed E-state index contributed by atoms with van der Waals surface area (Å²) in [5.74, 6) is 0. The Morgan fingerprint density at radius 1 is 1.43 bits per heavy atom. The number of hydrogen-bond acceptors (Lipinski definition) is 4. The Morgan fingerprint density at radius 2 is 2.14 bits per heavy atom. The van der Waals surface area contributed by atoms with Gasteiger partial charge in [0.1, 0.15) is 5.60 Å². The molecule has 0 aromatic carbocycles. The molecule has 0 saturated carbocycles. The first-order chi connectivity index (χ1) is 9.76. The van der Waals surface area contributed by atoms with Crippen molar-refractivity contribution in [2.24, 2.45) is 0 Å². The summed E-state index contributed by atoms with van der Waals surface area (Å²) >= 11 is 0. The van der Waals surface area contributed by atoms with E-state index in [2.05, 4.69) is 11.1 Å². The van der Waals surface area contributed by atoms with E-state index in [-0.39, 0.29) is 6.09 Å². The minimum atomic E-state index is -0.478. The van der Waals surface area contributed by atoms with Crippen LogP contribution in [0.5, 0.6) is 0 Å². The second-order valence-corrected chi connectivity index (χ2v) is 6.35. The lowest BCUT2D eigenvalue weighted by atomic mass is 10.0. The number of ether oxygens (including phenoxy) is 1. The predicted octanol–water partition coefficient (Wildman–Crippen LogP) is 3.00. The lowest BCUT2D eigenvalue weighted by Crippen LogP contribution is -2.39. The van der Waals surface area contributed by atoms with Gasteiger partial charge in [-0.15, -0.1) is 0 Å². The Morgan fingerprint density at radius 3 is 2.76 bits per heavy atom. The summed E-state index contributed by atoms with van der Waals surface area (Å²) in [5, 5.41) is 0. The first-order valence-electron chi connectivity index (χ1n) is 7.16. The maximum Gasteiger partial charge on any atom is 0.410 e. The molecule has 2 N–H and O–H groups in total. The molecule has 114 valence electrons. The lowest BCUT2D eigenvalue weighted by Gasteiger charge is -2.30. The van der Waals surface area contributed by atoms with Crippen molar-refractivity contribution in [3.05, 3.63) is 29.6 Å². The van der Waals surface area contributed by atoms with Gasteiger partial charge in [0, 0.05) is 6.54 Å². The summed E-state index contributed by atoms with van der Waals surface area (Å²) in [7, 11) is 0. The Kier molecular flexibility index (Phi) is 4.21. The molecule has 5 nitrogen and oxygen atoms in total. The van der Waals surface area contributed by atoms with Gasteiger partial charge in [0.2, 0.25) is 0 Å². The number of nitrogens with zero attached hydrogens (tertiary/aromatic N) is 2. The monoisotopic (exact) mass is 289 g/mol. The molecule has 21 heavy (non-hydrogen) atoms. The van der Waals surface area contributed by atoms with Gasteiger partial charge >= 0.3 is 6.09 Å². The molecule has 0 radical (unpaired) electrons. The molecule has 0 bridgehead atoms. The highest BCUT2D eigenvalue weighted by molar-refractivity contribution is 5.74. The van der Waals surface area contributed by atoms with Crippen molar-refractivity contribution in [1.29, 1.82) is 0 Å². The quantitative estimate of drug-likeness (QED) is 0.863. The summed E-state index contributed by atoms with van der Waals surface area (Å²) in [6.45, 7) is 8.76. The molecular weight excluding hydrogens is 266 g/mol. The fourth-order valence-electron chi connectivity index (χ4n) is 2.15. The van der Waals surface area contributed by atoms with Gasteiger partial charge in [-0.25, -0.2) is 4.79 Å². The van der Waals surface area contributed by atoms with Crippen LogP contribution in [0.1, 0.15) is 38.4 Å². The molecule has 0 spiro atoms. The summed E-state index contributed by atoms with van der Waals surface area (Å²) in [6.07, 6.45) is 4.32. The van der Waals surface area contributed by atoms with E-state index in [0.29, 0.717) is 18.8 Å². The van der Waals surface area contributed by atoms with E-state index in [4.69, 9.17) is 10.5 Å². The Bertz CT molecular complexity index is 573. The zero-order valence-electron chi connectivity index (χ0n) is 13.1. The van der Waals surface area contributed by atoms with Crippen LogP contribution in [0, 0.1) is 6.92 Å². The number of carbonyl (C=O) groups excluding carboxylic acids is 1. The van der Waals surface area contributed by atoms with Gasteiger partial charge < -0.3 is 15.4 Å². The van der Waals surface area contributed by atoms with Crippen LogP contribution in [0.3, 0.4) is 0 Å². The van der Waals surface area contributed by atoms with Gasteiger partial charge in [-0.3, -0.25) is 4.98 Å². The number of aromatic nitrogens is 1. The second kappa shape index (κ2) is 5.76. The van der Waals surface area contributed by atoms with Gasteiger partial charge in [0.05, 0.1) is 24.1 Å². The SMILES string of the molecule is Cc1cc(C2=CCCN(C(=O)OC(C)(C)C)C2)ncc1N. The third kappa shape index (κ3) is 3.97. The van der Waals surface area contributed by atoms with E-state index in [9.17, 15) is 4.79 Å². The van der Waals surface area contributed by atoms with Crippen molar-refractivity contribution in [2.75, 3.05) is 18.8 Å². The summed E-state index contributed by atoms with van der Waals surface area (Å²) in [6, 6.07) is 1.96. The second-order valence-electron chi connectivity index (χ2n) is 6.35. The number of amides is 1. The highest BCUT2D eigenvalue weighted by atomic mass is 16.6. The largest absolute Gasteiger partial charge is 0.444 e. The standard InChI is InChI=1S/C16H23N3O2/c1-11-8-14(18-9-13(11)17)12-6-5-7-19(10-12)15(20)21-16(2,3)4/h6,8-9H,5,7,10,17H2,1-4H3. The number of nitrogen functional groups attached to an aromatic ring is 1. The predicted molar refractivity (Wildman–Crippen MR) is 83.8 cm³/mol. The van der Waals surface area contributed by atoms with Crippen LogP contribution in [0.4, 0.5) is 10.5 Å². The number of nitrogens with two attached hydrogens (primary N) is 1. The number of aryl methyl sites for hydroxylation is 1. The summed E-state index contributed by atoms with van der Waals surface area (Å²) < 4.78 is 5.42. The molecule has 1 aliphatic rings. The first-order valence-corrected chi connectivity index (χ1v) is 7.16.